The molecule has 5 nitrogen and oxygen atoms in total. The molecule has 1 unspecified atom stereocenters. The van der Waals surface area contributed by atoms with Gasteiger partial charge in [-0.3, -0.25) is 13.8 Å². The number of hydrogen-bond acceptors (Lipinski definition) is 3. The Bertz CT molecular complexity index is 342. The molecule has 1 amide bonds. The Morgan fingerprint density at radius 1 is 1.71 bits per heavy atom. The highest BCUT2D eigenvalue weighted by Gasteiger charge is 2.52. The highest BCUT2D eigenvalue weighted by atomic mass is 32.2. The molecule has 2 rings (SSSR count). The summed E-state index contributed by atoms with van der Waals surface area (Å²) in [6.45, 7) is 1.73. The Balaban J connectivity index is 2.23. The van der Waals surface area contributed by atoms with Gasteiger partial charge in [0.25, 0.3) is 0 Å². The van der Waals surface area contributed by atoms with Gasteiger partial charge in [0.1, 0.15) is 5.37 Å². The molecule has 14 heavy (non-hydrogen) atoms. The summed E-state index contributed by atoms with van der Waals surface area (Å²) in [7, 11) is -1.21. The molecule has 0 aromatic carbocycles. The van der Waals surface area contributed by atoms with Crippen LogP contribution in [0.3, 0.4) is 0 Å². The van der Waals surface area contributed by atoms with Crippen molar-refractivity contribution in [2.75, 3.05) is 12.3 Å². The fraction of sp³-hybridized carbons (Fsp3) is 0.750. The first-order valence-corrected chi connectivity index (χ1v) is 5.72. The topological polar surface area (TPSA) is 74.7 Å². The number of carboxylic acids is 1. The van der Waals surface area contributed by atoms with E-state index in [-0.39, 0.29) is 23.6 Å². The lowest BCUT2D eigenvalue weighted by molar-refractivity contribution is -0.154. The monoisotopic (exact) mass is 217 g/mol. The van der Waals surface area contributed by atoms with E-state index in [4.69, 9.17) is 5.11 Å². The van der Waals surface area contributed by atoms with Crippen molar-refractivity contribution in [2.45, 2.75) is 18.7 Å². The van der Waals surface area contributed by atoms with Gasteiger partial charge in [0, 0.05) is 23.1 Å². The standard InChI is InChI=1S/C8H11NO4S/c1-8(7(11)12)3-9-5(10)2-6(9)14(13)4-8/h6H,2-4H2,1H3,(H,11,12)/t6-,8?,14+/m1/s1. The third-order valence-electron chi connectivity index (χ3n) is 2.82. The van der Waals surface area contributed by atoms with E-state index >= 15 is 0 Å². The second-order valence-corrected chi connectivity index (χ2v) is 5.67. The minimum absolute atomic E-state index is 0.0875. The van der Waals surface area contributed by atoms with Crippen LogP contribution in [0.1, 0.15) is 13.3 Å². The average molecular weight is 217 g/mol. The summed E-state index contributed by atoms with van der Waals surface area (Å²) >= 11 is 0. The van der Waals surface area contributed by atoms with E-state index in [2.05, 4.69) is 0 Å². The van der Waals surface area contributed by atoms with Crippen LogP contribution in [0.2, 0.25) is 0 Å². The summed E-state index contributed by atoms with van der Waals surface area (Å²) in [6, 6.07) is 0. The third kappa shape index (κ3) is 1.17. The Morgan fingerprint density at radius 3 is 2.86 bits per heavy atom. The van der Waals surface area contributed by atoms with Crippen LogP contribution in [-0.2, 0) is 20.4 Å². The van der Waals surface area contributed by atoms with E-state index in [1.54, 1.807) is 0 Å². The van der Waals surface area contributed by atoms with Crippen LogP contribution in [0.4, 0.5) is 0 Å². The molecule has 6 heteroatoms. The van der Waals surface area contributed by atoms with Crippen molar-refractivity contribution in [1.29, 1.82) is 0 Å². The molecule has 2 fully saturated rings. The molecule has 0 bridgehead atoms. The largest absolute Gasteiger partial charge is 0.481 e. The SMILES string of the molecule is CC1(C(=O)O)CN2C(=O)C[C@H]2[S@@](=O)C1. The number of hydrogen-bond donors (Lipinski definition) is 1. The number of carbonyl (C=O) groups is 2. The van der Waals surface area contributed by atoms with Crippen molar-refractivity contribution in [1.82, 2.24) is 4.90 Å². The number of amides is 1. The van der Waals surface area contributed by atoms with Crippen LogP contribution in [0.5, 0.6) is 0 Å². The number of fused-ring (bicyclic) bond motifs is 1. The van der Waals surface area contributed by atoms with Gasteiger partial charge in [0.05, 0.1) is 11.8 Å². The maximum Gasteiger partial charge on any atom is 0.312 e. The Labute approximate surface area is 83.5 Å². The minimum atomic E-state index is -1.21. The van der Waals surface area contributed by atoms with Gasteiger partial charge in [0.15, 0.2) is 0 Å². The molecule has 0 aliphatic carbocycles. The van der Waals surface area contributed by atoms with Crippen molar-refractivity contribution in [3.8, 4) is 0 Å². The quantitative estimate of drug-likeness (QED) is 0.595. The minimum Gasteiger partial charge on any atom is -0.481 e. The lowest BCUT2D eigenvalue weighted by Gasteiger charge is -2.48. The molecule has 2 aliphatic rings. The van der Waals surface area contributed by atoms with Crippen molar-refractivity contribution < 1.29 is 18.9 Å². The number of carboxylic acid groups (broad SMARTS) is 1. The van der Waals surface area contributed by atoms with Crippen LogP contribution < -0.4 is 0 Å². The van der Waals surface area contributed by atoms with Gasteiger partial charge >= 0.3 is 5.97 Å². The summed E-state index contributed by atoms with van der Waals surface area (Å²) in [4.78, 5) is 23.5. The van der Waals surface area contributed by atoms with Gasteiger partial charge in [0.2, 0.25) is 5.91 Å². The summed E-state index contributed by atoms with van der Waals surface area (Å²) < 4.78 is 11.6. The zero-order valence-electron chi connectivity index (χ0n) is 7.73. The zero-order valence-corrected chi connectivity index (χ0v) is 8.54. The Morgan fingerprint density at radius 2 is 2.36 bits per heavy atom. The van der Waals surface area contributed by atoms with Crippen molar-refractivity contribution in [3.63, 3.8) is 0 Å². The third-order valence-corrected chi connectivity index (χ3v) is 4.77. The number of carbonyl (C=O) groups excluding carboxylic acids is 1. The number of β-lactam (4-membered cyclic amide) rings is 1. The van der Waals surface area contributed by atoms with Gasteiger partial charge < -0.3 is 10.0 Å². The van der Waals surface area contributed by atoms with Crippen LogP contribution >= 0.6 is 0 Å². The van der Waals surface area contributed by atoms with Crippen molar-refractivity contribution >= 4 is 22.7 Å². The maximum atomic E-state index is 11.6. The lowest BCUT2D eigenvalue weighted by Crippen LogP contribution is -2.64. The number of aliphatic carboxylic acids is 1. The molecule has 0 radical (unpaired) electrons. The van der Waals surface area contributed by atoms with E-state index in [0.29, 0.717) is 6.42 Å². The molecule has 0 saturated carbocycles. The van der Waals surface area contributed by atoms with E-state index in [0.717, 1.165) is 0 Å². The first-order chi connectivity index (χ1) is 6.44. The predicted octanol–water partition coefficient (Wildman–Crippen LogP) is -0.602. The first-order valence-electron chi connectivity index (χ1n) is 4.34. The summed E-state index contributed by atoms with van der Waals surface area (Å²) in [6.07, 6.45) is 0.308. The number of rotatable bonds is 1. The molecule has 0 spiro atoms. The molecular formula is C8H11NO4S. The molecule has 78 valence electrons. The van der Waals surface area contributed by atoms with E-state index in [1.807, 2.05) is 0 Å². The molecule has 2 heterocycles. The summed E-state index contributed by atoms with van der Waals surface area (Å²) in [5, 5.41) is 8.73. The summed E-state index contributed by atoms with van der Waals surface area (Å²) in [5.41, 5.74) is -1.04. The molecule has 2 saturated heterocycles. The molecule has 1 N–H and O–H groups in total. The second-order valence-electron chi connectivity index (χ2n) is 4.07. The average Bonchev–Trinajstić information content (AvgIpc) is 2.08. The lowest BCUT2D eigenvalue weighted by atomic mass is 9.91. The van der Waals surface area contributed by atoms with Crippen molar-refractivity contribution in [3.05, 3.63) is 0 Å². The molecule has 2 aliphatic heterocycles. The van der Waals surface area contributed by atoms with E-state index < -0.39 is 22.2 Å². The van der Waals surface area contributed by atoms with Gasteiger partial charge in [-0.2, -0.15) is 0 Å². The fourth-order valence-corrected chi connectivity index (χ4v) is 3.65. The van der Waals surface area contributed by atoms with Crippen LogP contribution in [-0.4, -0.2) is 43.8 Å². The van der Waals surface area contributed by atoms with Crippen LogP contribution in [0.25, 0.3) is 0 Å². The van der Waals surface area contributed by atoms with E-state index in [9.17, 15) is 13.8 Å². The smallest absolute Gasteiger partial charge is 0.312 e. The molecular weight excluding hydrogens is 206 g/mol. The molecule has 3 atom stereocenters. The first kappa shape index (κ1) is 9.64. The molecule has 0 aromatic rings. The maximum absolute atomic E-state index is 11.6. The van der Waals surface area contributed by atoms with Crippen LogP contribution in [0.15, 0.2) is 0 Å². The normalized spacial score (nSPS) is 41.5. The molecule has 0 aromatic heterocycles. The number of nitrogens with zero attached hydrogens (tertiary/aromatic N) is 1. The highest BCUT2D eigenvalue weighted by Crippen LogP contribution is 2.35. The second kappa shape index (κ2) is 2.79. The zero-order chi connectivity index (χ0) is 10.5. The van der Waals surface area contributed by atoms with Crippen LogP contribution in [0, 0.1) is 5.41 Å². The van der Waals surface area contributed by atoms with Gasteiger partial charge in [-0.05, 0) is 6.92 Å². The fourth-order valence-electron chi connectivity index (χ4n) is 1.81. The van der Waals surface area contributed by atoms with Gasteiger partial charge in [-0.15, -0.1) is 0 Å². The predicted molar refractivity (Wildman–Crippen MR) is 48.9 cm³/mol. The Kier molecular flexibility index (Phi) is 1.92. The summed E-state index contributed by atoms with van der Waals surface area (Å²) in [5.74, 6) is -0.920. The highest BCUT2D eigenvalue weighted by molar-refractivity contribution is 7.85. The van der Waals surface area contributed by atoms with Gasteiger partial charge in [-0.1, -0.05) is 0 Å². The Hall–Kier alpha value is -0.910. The van der Waals surface area contributed by atoms with E-state index in [1.165, 1.54) is 11.8 Å². The van der Waals surface area contributed by atoms with Gasteiger partial charge in [-0.25, -0.2) is 0 Å². The van der Waals surface area contributed by atoms with Crippen molar-refractivity contribution in [2.24, 2.45) is 5.41 Å².